The lowest BCUT2D eigenvalue weighted by molar-refractivity contribution is 0.153. The summed E-state index contributed by atoms with van der Waals surface area (Å²) in [6.45, 7) is 2.09. The third-order valence-electron chi connectivity index (χ3n) is 5.65. The number of allylic oxidation sites excluding steroid dienone is 4. The molecule has 1 heterocycles. The first-order chi connectivity index (χ1) is 13.6. The maximum absolute atomic E-state index is 15.0. The van der Waals surface area contributed by atoms with Crippen LogP contribution in [0.15, 0.2) is 54.6 Å². The predicted molar refractivity (Wildman–Crippen MR) is 109 cm³/mol. The van der Waals surface area contributed by atoms with Crippen molar-refractivity contribution in [3.8, 4) is 5.75 Å². The Morgan fingerprint density at radius 1 is 1.04 bits per heavy atom. The molecule has 2 aliphatic carbocycles. The molecule has 1 aromatic heterocycles. The quantitative estimate of drug-likeness (QED) is 0.768. The first kappa shape index (κ1) is 18.7. The van der Waals surface area contributed by atoms with E-state index in [0.29, 0.717) is 17.1 Å². The maximum atomic E-state index is 15.0. The van der Waals surface area contributed by atoms with Crippen LogP contribution in [0.25, 0.3) is 5.57 Å². The van der Waals surface area contributed by atoms with Crippen LogP contribution in [-0.2, 0) is 0 Å². The fourth-order valence-corrected chi connectivity index (χ4v) is 4.13. The van der Waals surface area contributed by atoms with Crippen LogP contribution in [0.5, 0.6) is 5.75 Å². The minimum Gasteiger partial charge on any atom is -0.490 e. The van der Waals surface area contributed by atoms with Gasteiger partial charge in [-0.3, -0.25) is 4.98 Å². The number of benzene rings is 1. The number of aromatic nitrogens is 2. The summed E-state index contributed by atoms with van der Waals surface area (Å²) >= 11 is 0. The second kappa shape index (κ2) is 8.13. The van der Waals surface area contributed by atoms with Crippen molar-refractivity contribution in [3.63, 3.8) is 0 Å². The Morgan fingerprint density at radius 3 is 2.57 bits per heavy atom. The van der Waals surface area contributed by atoms with E-state index in [1.807, 2.05) is 30.3 Å². The van der Waals surface area contributed by atoms with Crippen molar-refractivity contribution >= 4 is 11.4 Å². The first-order valence-corrected chi connectivity index (χ1v) is 10.0. The molecule has 1 fully saturated rings. The van der Waals surface area contributed by atoms with Gasteiger partial charge in [0.1, 0.15) is 17.4 Å². The zero-order chi connectivity index (χ0) is 19.5. The van der Waals surface area contributed by atoms with Crippen LogP contribution < -0.4 is 10.5 Å². The second-order valence-corrected chi connectivity index (χ2v) is 7.72. The summed E-state index contributed by atoms with van der Waals surface area (Å²) in [6, 6.07) is 8.03. The average molecular weight is 379 g/mol. The molecule has 0 spiro atoms. The lowest BCUT2D eigenvalue weighted by Crippen LogP contribution is -2.21. The minimum absolute atomic E-state index is 0.0784. The summed E-state index contributed by atoms with van der Waals surface area (Å²) in [4.78, 5) is 8.25. The molecule has 4 nitrogen and oxygen atoms in total. The third kappa shape index (κ3) is 3.93. The van der Waals surface area contributed by atoms with Crippen LogP contribution in [0.2, 0.25) is 0 Å². The van der Waals surface area contributed by atoms with Crippen LogP contribution >= 0.6 is 0 Å². The Labute approximate surface area is 165 Å². The van der Waals surface area contributed by atoms with Gasteiger partial charge in [-0.25, -0.2) is 9.37 Å². The van der Waals surface area contributed by atoms with Crippen molar-refractivity contribution in [2.24, 2.45) is 5.92 Å². The van der Waals surface area contributed by atoms with E-state index in [9.17, 15) is 4.39 Å². The number of nitrogen functional groups attached to an aromatic ring is 1. The van der Waals surface area contributed by atoms with Crippen molar-refractivity contribution in [1.82, 2.24) is 9.97 Å². The van der Waals surface area contributed by atoms with Gasteiger partial charge in [-0.1, -0.05) is 37.6 Å². The zero-order valence-electron chi connectivity index (χ0n) is 16.1. The van der Waals surface area contributed by atoms with E-state index in [1.165, 1.54) is 31.7 Å². The highest BCUT2D eigenvalue weighted by atomic mass is 19.1. The van der Waals surface area contributed by atoms with Gasteiger partial charge in [0.05, 0.1) is 24.2 Å². The molecule has 1 aromatic carbocycles. The first-order valence-electron chi connectivity index (χ1n) is 10.0. The molecule has 0 amide bonds. The standard InChI is InChI=1S/C23H26FN3O/c1-15-11-19(21-13-27-23(25)14-26-21)20(24)12-18(15)17-9-5-6-10-22(17)28-16-7-3-2-4-8-16/h5-6,9-16,18H,2-4,7-8H2,1H3,(H2,25,27). The number of rotatable bonds is 4. The maximum Gasteiger partial charge on any atom is 0.141 e. The van der Waals surface area contributed by atoms with Gasteiger partial charge in [0.2, 0.25) is 0 Å². The Hall–Kier alpha value is -2.69. The summed E-state index contributed by atoms with van der Waals surface area (Å²) in [5.41, 5.74) is 7.60. The zero-order valence-corrected chi connectivity index (χ0v) is 16.1. The molecule has 0 aliphatic heterocycles. The number of hydrogen-bond donors (Lipinski definition) is 1. The van der Waals surface area contributed by atoms with Gasteiger partial charge in [0, 0.05) is 17.1 Å². The summed E-state index contributed by atoms with van der Waals surface area (Å²) < 4.78 is 21.3. The van der Waals surface area contributed by atoms with E-state index in [0.717, 1.165) is 24.2 Å². The molecule has 2 atom stereocenters. The lowest BCUT2D eigenvalue weighted by Gasteiger charge is -2.29. The minimum atomic E-state index is -0.283. The van der Waals surface area contributed by atoms with Gasteiger partial charge in [-0.15, -0.1) is 0 Å². The molecule has 0 radical (unpaired) electrons. The van der Waals surface area contributed by atoms with E-state index in [4.69, 9.17) is 10.5 Å². The normalized spacial score (nSPS) is 23.1. The molecule has 5 heteroatoms. The van der Waals surface area contributed by atoms with Crippen LogP contribution in [0.4, 0.5) is 10.2 Å². The highest BCUT2D eigenvalue weighted by Gasteiger charge is 2.28. The number of para-hydroxylation sites is 1. The van der Waals surface area contributed by atoms with Crippen molar-refractivity contribution in [2.45, 2.75) is 51.0 Å². The molecular weight excluding hydrogens is 353 g/mol. The third-order valence-corrected chi connectivity index (χ3v) is 5.65. The molecule has 1 saturated carbocycles. The highest BCUT2D eigenvalue weighted by molar-refractivity contribution is 5.76. The Kier molecular flexibility index (Phi) is 5.42. The Bertz CT molecular complexity index is 885. The van der Waals surface area contributed by atoms with E-state index >= 15 is 0 Å². The molecule has 2 N–H and O–H groups in total. The number of halogens is 1. The molecule has 2 aliphatic rings. The molecule has 146 valence electrons. The Morgan fingerprint density at radius 2 is 1.82 bits per heavy atom. The van der Waals surface area contributed by atoms with Crippen LogP contribution in [0.3, 0.4) is 0 Å². The smallest absolute Gasteiger partial charge is 0.141 e. The number of nitrogens with two attached hydrogens (primary N) is 1. The topological polar surface area (TPSA) is 61.0 Å². The SMILES string of the molecule is CC1C=C(c2cnc(N)cn2)C(F)=CC1c1ccccc1OC1CCCCC1. The molecular formula is C23H26FN3O. The van der Waals surface area contributed by atoms with Crippen molar-refractivity contribution in [3.05, 3.63) is 65.9 Å². The monoisotopic (exact) mass is 379 g/mol. The van der Waals surface area contributed by atoms with Crippen LogP contribution in [-0.4, -0.2) is 16.1 Å². The van der Waals surface area contributed by atoms with Gasteiger partial charge < -0.3 is 10.5 Å². The van der Waals surface area contributed by atoms with Gasteiger partial charge in [0.15, 0.2) is 0 Å². The fourth-order valence-electron chi connectivity index (χ4n) is 4.13. The Balaban J connectivity index is 1.60. The second-order valence-electron chi connectivity index (χ2n) is 7.72. The van der Waals surface area contributed by atoms with Gasteiger partial charge in [0.25, 0.3) is 0 Å². The molecule has 2 unspecified atom stereocenters. The molecule has 28 heavy (non-hydrogen) atoms. The number of anilines is 1. The van der Waals surface area contributed by atoms with Crippen molar-refractivity contribution < 1.29 is 9.13 Å². The summed E-state index contributed by atoms with van der Waals surface area (Å²) in [5.74, 6) is 0.938. The molecule has 2 aromatic rings. The lowest BCUT2D eigenvalue weighted by atomic mass is 9.81. The number of ether oxygens (including phenoxy) is 1. The molecule has 0 bridgehead atoms. The molecule has 4 rings (SSSR count). The summed E-state index contributed by atoms with van der Waals surface area (Å²) in [6.07, 6.45) is 12.8. The van der Waals surface area contributed by atoms with Crippen molar-refractivity contribution in [1.29, 1.82) is 0 Å². The van der Waals surface area contributed by atoms with E-state index < -0.39 is 0 Å². The highest BCUT2D eigenvalue weighted by Crippen LogP contribution is 2.42. The van der Waals surface area contributed by atoms with Crippen LogP contribution in [0.1, 0.15) is 56.2 Å². The molecule has 0 saturated heterocycles. The predicted octanol–water partition coefficient (Wildman–Crippen LogP) is 5.44. The van der Waals surface area contributed by atoms with E-state index in [2.05, 4.69) is 16.9 Å². The summed E-state index contributed by atoms with van der Waals surface area (Å²) in [5, 5.41) is 0. The fraction of sp³-hybridized carbons (Fsp3) is 0.391. The van der Waals surface area contributed by atoms with Gasteiger partial charge >= 0.3 is 0 Å². The van der Waals surface area contributed by atoms with E-state index in [1.54, 1.807) is 6.08 Å². The van der Waals surface area contributed by atoms with Crippen LogP contribution in [0, 0.1) is 5.92 Å². The number of hydrogen-bond acceptors (Lipinski definition) is 4. The van der Waals surface area contributed by atoms with Gasteiger partial charge in [-0.05, 0) is 43.7 Å². The largest absolute Gasteiger partial charge is 0.490 e. The average Bonchev–Trinajstić information content (AvgIpc) is 2.71. The summed E-state index contributed by atoms with van der Waals surface area (Å²) in [7, 11) is 0. The van der Waals surface area contributed by atoms with E-state index in [-0.39, 0.29) is 23.8 Å². The van der Waals surface area contributed by atoms with Gasteiger partial charge in [-0.2, -0.15) is 0 Å². The number of nitrogens with zero attached hydrogens (tertiary/aromatic N) is 2. The van der Waals surface area contributed by atoms with Crippen molar-refractivity contribution in [2.75, 3.05) is 5.73 Å².